The van der Waals surface area contributed by atoms with Gasteiger partial charge in [0.25, 0.3) is 5.91 Å². The average Bonchev–Trinajstić information content (AvgIpc) is 3.26. The number of carbonyl (C=O) groups excluding carboxylic acids is 1. The topological polar surface area (TPSA) is 93.8 Å². The van der Waals surface area contributed by atoms with Gasteiger partial charge in [0.2, 0.25) is 0 Å². The summed E-state index contributed by atoms with van der Waals surface area (Å²) in [4.78, 5) is 12.6. The van der Waals surface area contributed by atoms with Gasteiger partial charge in [-0.1, -0.05) is 31.2 Å². The number of hydrogen-bond acceptors (Lipinski definition) is 5. The molecule has 0 aliphatic heterocycles. The summed E-state index contributed by atoms with van der Waals surface area (Å²) >= 11 is 0. The zero-order valence-corrected chi connectivity index (χ0v) is 22.8. The number of carbonyl (C=O) groups is 1. The van der Waals surface area contributed by atoms with Crippen LogP contribution < -0.4 is 20.5 Å². The van der Waals surface area contributed by atoms with Gasteiger partial charge >= 0.3 is 0 Å². The Kier molecular flexibility index (Phi) is 6.76. The summed E-state index contributed by atoms with van der Waals surface area (Å²) < 4.78 is 12.0. The highest BCUT2D eigenvalue weighted by Crippen LogP contribution is 2.61. The Morgan fingerprint density at radius 2 is 1.85 bits per heavy atom. The van der Waals surface area contributed by atoms with E-state index in [1.807, 2.05) is 24.3 Å². The predicted octanol–water partition coefficient (Wildman–Crippen LogP) is 6.33. The fourth-order valence-electron chi connectivity index (χ4n) is 7.54. The molecule has 3 aromatic carbocycles. The van der Waals surface area contributed by atoms with Crippen molar-refractivity contribution in [2.75, 3.05) is 18.2 Å². The van der Waals surface area contributed by atoms with Crippen molar-refractivity contribution in [1.29, 1.82) is 0 Å². The number of benzene rings is 3. The molecule has 4 N–H and O–H groups in total. The van der Waals surface area contributed by atoms with E-state index in [2.05, 4.69) is 24.4 Å². The number of anilines is 2. The van der Waals surface area contributed by atoms with Crippen LogP contribution >= 0.6 is 0 Å². The van der Waals surface area contributed by atoms with Crippen molar-refractivity contribution < 1.29 is 19.4 Å². The number of aliphatic hydroxyl groups is 1. The van der Waals surface area contributed by atoms with Crippen LogP contribution in [0.1, 0.15) is 72.0 Å². The second-order valence-electron chi connectivity index (χ2n) is 11.8. The van der Waals surface area contributed by atoms with Crippen molar-refractivity contribution in [3.63, 3.8) is 0 Å². The van der Waals surface area contributed by atoms with Crippen LogP contribution in [-0.4, -0.2) is 24.2 Å². The molecule has 2 fully saturated rings. The molecule has 0 saturated heterocycles. The van der Waals surface area contributed by atoms with E-state index in [4.69, 9.17) is 15.2 Å². The van der Waals surface area contributed by atoms with E-state index in [9.17, 15) is 9.90 Å². The Labute approximate surface area is 230 Å². The second kappa shape index (κ2) is 10.2. The normalized spacial score (nSPS) is 27.2. The molecule has 0 radical (unpaired) electrons. The van der Waals surface area contributed by atoms with Gasteiger partial charge in [-0.05, 0) is 115 Å². The number of rotatable bonds is 6. The first-order valence-corrected chi connectivity index (χ1v) is 14.1. The Hall–Kier alpha value is -3.51. The molecule has 204 valence electrons. The summed E-state index contributed by atoms with van der Waals surface area (Å²) in [5.41, 5.74) is 11.5. The lowest BCUT2D eigenvalue weighted by molar-refractivity contribution is -0.0226. The number of nitrogens with two attached hydrogens (primary N) is 1. The van der Waals surface area contributed by atoms with Crippen LogP contribution in [0.4, 0.5) is 11.4 Å². The van der Waals surface area contributed by atoms with Gasteiger partial charge in [-0.15, -0.1) is 0 Å². The van der Waals surface area contributed by atoms with Crippen LogP contribution in [0.3, 0.4) is 0 Å². The highest BCUT2D eigenvalue weighted by atomic mass is 16.5. The molecule has 3 aliphatic rings. The zero-order chi connectivity index (χ0) is 27.1. The van der Waals surface area contributed by atoms with Crippen LogP contribution in [0.5, 0.6) is 11.5 Å². The van der Waals surface area contributed by atoms with Gasteiger partial charge in [-0.25, -0.2) is 0 Å². The van der Waals surface area contributed by atoms with E-state index < -0.39 is 0 Å². The van der Waals surface area contributed by atoms with E-state index in [1.54, 1.807) is 31.4 Å². The van der Waals surface area contributed by atoms with Gasteiger partial charge in [-0.3, -0.25) is 4.79 Å². The number of fused-ring (bicyclic) bond motifs is 5. The molecular formula is C33H38N2O4. The molecule has 5 atom stereocenters. The van der Waals surface area contributed by atoms with Crippen LogP contribution in [0.2, 0.25) is 0 Å². The minimum Gasteiger partial charge on any atom is -0.493 e. The van der Waals surface area contributed by atoms with Gasteiger partial charge in [0.05, 0.1) is 24.6 Å². The summed E-state index contributed by atoms with van der Waals surface area (Å²) in [6.07, 6.45) is 6.37. The molecular weight excluding hydrogens is 488 g/mol. The molecule has 6 heteroatoms. The lowest BCUT2D eigenvalue weighted by Gasteiger charge is -2.50. The SMILES string of the molecule is COc1cc2c(cc1OCc1ccc(C(=O)Nc3ccccc3N)cc1)CC[C@@H]1[C@@H]2CC[C@]2(C)[C@@H](O)CC[C@@H]12. The average molecular weight is 527 g/mol. The standard InChI is InChI=1S/C33H38N2O4/c1-33-16-15-23-24(26(33)13-14-31(33)36)12-11-22-17-30(29(38-2)18-25(22)23)39-19-20-7-9-21(10-8-20)32(37)35-28-6-4-3-5-27(28)34/h3-10,17-18,23-24,26,31,36H,11-16,19,34H2,1-2H3,(H,35,37)/t23-,24+,26-,31-,33-/m0/s1. The first-order valence-electron chi connectivity index (χ1n) is 14.1. The minimum atomic E-state index is -0.204. The summed E-state index contributed by atoms with van der Waals surface area (Å²) in [6.45, 7) is 2.70. The molecule has 6 rings (SSSR count). The molecule has 2 saturated carbocycles. The number of nitrogen functional groups attached to an aromatic ring is 1. The van der Waals surface area contributed by atoms with Crippen molar-refractivity contribution in [2.24, 2.45) is 17.3 Å². The molecule has 3 aromatic rings. The summed E-state index contributed by atoms with van der Waals surface area (Å²) in [5, 5.41) is 13.6. The smallest absolute Gasteiger partial charge is 0.255 e. The first kappa shape index (κ1) is 25.8. The highest BCUT2D eigenvalue weighted by molar-refractivity contribution is 6.05. The third kappa shape index (κ3) is 4.65. The van der Waals surface area contributed by atoms with Crippen molar-refractivity contribution >= 4 is 17.3 Å². The second-order valence-corrected chi connectivity index (χ2v) is 11.8. The number of aliphatic hydroxyl groups excluding tert-OH is 1. The summed E-state index contributed by atoms with van der Waals surface area (Å²) in [6, 6.07) is 19.0. The number of amides is 1. The number of ether oxygens (including phenoxy) is 2. The molecule has 39 heavy (non-hydrogen) atoms. The first-order chi connectivity index (χ1) is 18.9. The molecule has 3 aliphatic carbocycles. The highest BCUT2D eigenvalue weighted by Gasteiger charge is 2.54. The van der Waals surface area contributed by atoms with E-state index in [0.29, 0.717) is 41.3 Å². The maximum Gasteiger partial charge on any atom is 0.255 e. The molecule has 0 aromatic heterocycles. The van der Waals surface area contributed by atoms with Crippen LogP contribution in [-0.2, 0) is 13.0 Å². The van der Waals surface area contributed by atoms with Gasteiger partial charge in [0.15, 0.2) is 11.5 Å². The van der Waals surface area contributed by atoms with Crippen molar-refractivity contribution in [3.8, 4) is 11.5 Å². The fourth-order valence-corrected chi connectivity index (χ4v) is 7.54. The fraction of sp³-hybridized carbons (Fsp3) is 0.424. The largest absolute Gasteiger partial charge is 0.493 e. The third-order valence-corrected chi connectivity index (χ3v) is 9.78. The molecule has 0 unspecified atom stereocenters. The summed E-state index contributed by atoms with van der Waals surface area (Å²) in [7, 11) is 1.70. The van der Waals surface area contributed by atoms with Gasteiger partial charge in [0.1, 0.15) is 6.61 Å². The molecule has 0 bridgehead atoms. The lowest BCUT2D eigenvalue weighted by atomic mass is 9.55. The van der Waals surface area contributed by atoms with Crippen LogP contribution in [0.15, 0.2) is 60.7 Å². The monoisotopic (exact) mass is 526 g/mol. The van der Waals surface area contributed by atoms with Gasteiger partial charge in [-0.2, -0.15) is 0 Å². The Morgan fingerprint density at radius 3 is 2.62 bits per heavy atom. The lowest BCUT2D eigenvalue weighted by Crippen LogP contribution is -2.43. The van der Waals surface area contributed by atoms with Gasteiger partial charge < -0.3 is 25.6 Å². The summed E-state index contributed by atoms with van der Waals surface area (Å²) in [5.74, 6) is 3.10. The number of hydrogen-bond donors (Lipinski definition) is 3. The Morgan fingerprint density at radius 1 is 1.05 bits per heavy atom. The van der Waals surface area contributed by atoms with E-state index in [1.165, 1.54) is 17.5 Å². The molecule has 0 heterocycles. The Bertz CT molecular complexity index is 1370. The predicted molar refractivity (Wildman–Crippen MR) is 153 cm³/mol. The van der Waals surface area contributed by atoms with Crippen molar-refractivity contribution in [2.45, 2.75) is 64.1 Å². The number of aryl methyl sites for hydroxylation is 1. The van der Waals surface area contributed by atoms with E-state index in [0.717, 1.165) is 49.2 Å². The molecule has 0 spiro atoms. The third-order valence-electron chi connectivity index (χ3n) is 9.78. The van der Waals surface area contributed by atoms with E-state index >= 15 is 0 Å². The quantitative estimate of drug-likeness (QED) is 0.327. The zero-order valence-electron chi connectivity index (χ0n) is 22.8. The van der Waals surface area contributed by atoms with Crippen molar-refractivity contribution in [1.82, 2.24) is 0 Å². The van der Waals surface area contributed by atoms with Crippen LogP contribution in [0.25, 0.3) is 0 Å². The van der Waals surface area contributed by atoms with Crippen LogP contribution in [0, 0.1) is 17.3 Å². The maximum absolute atomic E-state index is 12.6. The number of methoxy groups -OCH3 is 1. The van der Waals surface area contributed by atoms with Crippen molar-refractivity contribution in [3.05, 3.63) is 82.9 Å². The minimum absolute atomic E-state index is 0.0803. The molecule has 1 amide bonds. The molecule has 6 nitrogen and oxygen atoms in total. The maximum atomic E-state index is 12.6. The number of para-hydroxylation sites is 2. The Balaban J connectivity index is 1.14. The number of nitrogens with one attached hydrogen (secondary N) is 1. The van der Waals surface area contributed by atoms with E-state index in [-0.39, 0.29) is 17.4 Å². The van der Waals surface area contributed by atoms with Gasteiger partial charge in [0, 0.05) is 5.56 Å².